The van der Waals surface area contributed by atoms with Crippen LogP contribution in [0.1, 0.15) is 23.7 Å². The molecule has 1 aromatic carbocycles. The van der Waals surface area contributed by atoms with E-state index < -0.39 is 0 Å². The third-order valence-electron chi connectivity index (χ3n) is 2.97. The molecule has 2 rings (SSSR count). The first-order chi connectivity index (χ1) is 9.85. The molecule has 4 nitrogen and oxygen atoms in total. The quantitative estimate of drug-likeness (QED) is 0.874. The summed E-state index contributed by atoms with van der Waals surface area (Å²) >= 11 is 0. The average Bonchev–Trinajstić information content (AvgIpc) is 2.52. The Labute approximate surface area is 119 Å². The van der Waals surface area contributed by atoms with Crippen LogP contribution < -0.4 is 10.1 Å². The van der Waals surface area contributed by atoms with Crippen molar-refractivity contribution in [1.82, 2.24) is 10.3 Å². The summed E-state index contributed by atoms with van der Waals surface area (Å²) in [5, 5.41) is 12.2. The molecular weight excluding hydrogens is 250 g/mol. The van der Waals surface area contributed by atoms with E-state index >= 15 is 0 Å². The number of ether oxygens (including phenoxy) is 1. The molecule has 1 aromatic heterocycles. The zero-order chi connectivity index (χ0) is 14.2. The summed E-state index contributed by atoms with van der Waals surface area (Å²) in [6.45, 7) is 0.828. The highest BCUT2D eigenvalue weighted by Crippen LogP contribution is 2.25. The van der Waals surface area contributed by atoms with Crippen molar-refractivity contribution in [2.24, 2.45) is 0 Å². The minimum atomic E-state index is -0.120. The third-order valence-corrected chi connectivity index (χ3v) is 2.97. The Bertz CT molecular complexity index is 578. The van der Waals surface area contributed by atoms with Crippen molar-refractivity contribution >= 4 is 0 Å². The van der Waals surface area contributed by atoms with E-state index in [1.54, 1.807) is 18.3 Å². The Morgan fingerprint density at radius 2 is 2.05 bits per heavy atom. The minimum absolute atomic E-state index is 0.120. The molecule has 0 radical (unpaired) electrons. The largest absolute Gasteiger partial charge is 0.468 e. The molecule has 1 N–H and O–H groups in total. The first kappa shape index (κ1) is 14.0. The van der Waals surface area contributed by atoms with Crippen LogP contribution in [0.25, 0.3) is 0 Å². The monoisotopic (exact) mass is 267 g/mol. The van der Waals surface area contributed by atoms with Crippen molar-refractivity contribution in [3.05, 3.63) is 59.8 Å². The molecule has 0 aliphatic rings. The Morgan fingerprint density at radius 1 is 1.25 bits per heavy atom. The number of rotatable bonds is 6. The van der Waals surface area contributed by atoms with Crippen LogP contribution in [0, 0.1) is 11.3 Å². The summed E-state index contributed by atoms with van der Waals surface area (Å²) in [5.41, 5.74) is 1.54. The van der Waals surface area contributed by atoms with Gasteiger partial charge in [-0.2, -0.15) is 5.26 Å². The summed E-state index contributed by atoms with van der Waals surface area (Å²) < 4.78 is 5.95. The van der Waals surface area contributed by atoms with Crippen LogP contribution in [-0.4, -0.2) is 18.6 Å². The number of benzene rings is 1. The maximum atomic E-state index is 9.10. The molecule has 0 unspecified atom stereocenters. The molecule has 20 heavy (non-hydrogen) atoms. The molecule has 0 saturated heterocycles. The van der Waals surface area contributed by atoms with Crippen molar-refractivity contribution in [3.63, 3.8) is 0 Å². The topological polar surface area (TPSA) is 57.9 Å². The predicted molar refractivity (Wildman–Crippen MR) is 77.3 cm³/mol. The van der Waals surface area contributed by atoms with E-state index in [1.807, 2.05) is 37.4 Å². The van der Waals surface area contributed by atoms with E-state index in [2.05, 4.69) is 16.4 Å². The van der Waals surface area contributed by atoms with Gasteiger partial charge in [0.2, 0.25) is 5.88 Å². The molecule has 0 aliphatic carbocycles. The normalized spacial score (nSPS) is 11.6. The molecule has 2 aromatic rings. The van der Waals surface area contributed by atoms with E-state index in [1.165, 1.54) is 0 Å². The van der Waals surface area contributed by atoms with Crippen LogP contribution in [0.15, 0.2) is 48.7 Å². The number of aromatic nitrogens is 1. The molecule has 0 fully saturated rings. The number of nitriles is 1. The lowest BCUT2D eigenvalue weighted by Crippen LogP contribution is -2.17. The Hall–Kier alpha value is -2.38. The molecule has 0 spiro atoms. The lowest BCUT2D eigenvalue weighted by atomic mass is 10.1. The molecule has 0 aliphatic heterocycles. The van der Waals surface area contributed by atoms with Gasteiger partial charge in [0.15, 0.2) is 0 Å². The van der Waals surface area contributed by atoms with Gasteiger partial charge in [-0.3, -0.25) is 0 Å². The van der Waals surface area contributed by atoms with Crippen molar-refractivity contribution in [3.8, 4) is 11.9 Å². The van der Waals surface area contributed by atoms with E-state index in [0.29, 0.717) is 11.4 Å². The van der Waals surface area contributed by atoms with Gasteiger partial charge < -0.3 is 10.1 Å². The summed E-state index contributed by atoms with van der Waals surface area (Å²) in [6.07, 6.45) is 2.32. The Balaban J connectivity index is 2.22. The summed E-state index contributed by atoms with van der Waals surface area (Å²) in [6, 6.07) is 15.5. The molecule has 0 amide bonds. The lowest BCUT2D eigenvalue weighted by molar-refractivity contribution is 0.186. The number of nitrogens with one attached hydrogen (secondary N) is 1. The first-order valence-corrected chi connectivity index (χ1v) is 6.56. The minimum Gasteiger partial charge on any atom is -0.468 e. The van der Waals surface area contributed by atoms with E-state index in [9.17, 15) is 0 Å². The van der Waals surface area contributed by atoms with Gasteiger partial charge in [0.05, 0.1) is 0 Å². The van der Waals surface area contributed by atoms with Gasteiger partial charge in [-0.05, 0) is 31.3 Å². The second-order valence-electron chi connectivity index (χ2n) is 4.38. The smallest absolute Gasteiger partial charge is 0.232 e. The van der Waals surface area contributed by atoms with Crippen molar-refractivity contribution in [2.45, 2.75) is 12.5 Å². The Morgan fingerprint density at radius 3 is 2.75 bits per heavy atom. The summed E-state index contributed by atoms with van der Waals surface area (Å²) in [4.78, 5) is 4.16. The fourth-order valence-electron chi connectivity index (χ4n) is 1.94. The molecule has 102 valence electrons. The fourth-order valence-corrected chi connectivity index (χ4v) is 1.94. The molecule has 1 heterocycles. The van der Waals surface area contributed by atoms with E-state index in [-0.39, 0.29) is 6.10 Å². The second kappa shape index (κ2) is 7.27. The lowest BCUT2D eigenvalue weighted by Gasteiger charge is -2.19. The standard InChI is InChI=1S/C16H17N3O/c1-18-11-9-15(13-6-3-2-4-7-13)20-16-14(12-17)8-5-10-19-16/h2-8,10,15,18H,9,11H2,1H3/t15-/m1/s1. The van der Waals surface area contributed by atoms with Crippen molar-refractivity contribution in [2.75, 3.05) is 13.6 Å². The van der Waals surface area contributed by atoms with Gasteiger partial charge in [-0.1, -0.05) is 30.3 Å². The summed E-state index contributed by atoms with van der Waals surface area (Å²) in [7, 11) is 1.91. The van der Waals surface area contributed by atoms with Crippen LogP contribution in [0.4, 0.5) is 0 Å². The fraction of sp³-hybridized carbons (Fsp3) is 0.250. The molecule has 0 saturated carbocycles. The highest BCUT2D eigenvalue weighted by molar-refractivity contribution is 5.37. The summed E-state index contributed by atoms with van der Waals surface area (Å²) in [5.74, 6) is 0.389. The molecular formula is C16H17N3O. The number of hydrogen-bond donors (Lipinski definition) is 1. The van der Waals surface area contributed by atoms with Crippen molar-refractivity contribution in [1.29, 1.82) is 5.26 Å². The maximum absolute atomic E-state index is 9.10. The maximum Gasteiger partial charge on any atom is 0.232 e. The zero-order valence-corrected chi connectivity index (χ0v) is 11.4. The molecule has 4 heteroatoms. The third kappa shape index (κ3) is 3.56. The van der Waals surface area contributed by atoms with Crippen LogP contribution in [0.5, 0.6) is 5.88 Å². The average molecular weight is 267 g/mol. The van der Waals surface area contributed by atoms with Crippen LogP contribution in [0.2, 0.25) is 0 Å². The van der Waals surface area contributed by atoms with Crippen LogP contribution in [-0.2, 0) is 0 Å². The number of pyridine rings is 1. The molecule has 1 atom stereocenters. The first-order valence-electron chi connectivity index (χ1n) is 6.56. The second-order valence-corrected chi connectivity index (χ2v) is 4.38. The van der Waals surface area contributed by atoms with Gasteiger partial charge in [0.1, 0.15) is 17.7 Å². The SMILES string of the molecule is CNCC[C@@H](Oc1ncccc1C#N)c1ccccc1. The van der Waals surface area contributed by atoms with Crippen LogP contribution >= 0.6 is 0 Å². The zero-order valence-electron chi connectivity index (χ0n) is 11.4. The Kier molecular flexibility index (Phi) is 5.10. The van der Waals surface area contributed by atoms with E-state index in [4.69, 9.17) is 10.00 Å². The number of nitrogens with zero attached hydrogens (tertiary/aromatic N) is 2. The van der Waals surface area contributed by atoms with Gasteiger partial charge in [-0.15, -0.1) is 0 Å². The van der Waals surface area contributed by atoms with Crippen LogP contribution in [0.3, 0.4) is 0 Å². The van der Waals surface area contributed by atoms with Crippen molar-refractivity contribution < 1.29 is 4.74 Å². The predicted octanol–water partition coefficient (Wildman–Crippen LogP) is 2.68. The molecule has 0 bridgehead atoms. The highest BCUT2D eigenvalue weighted by atomic mass is 16.5. The van der Waals surface area contributed by atoms with E-state index in [0.717, 1.165) is 18.5 Å². The highest BCUT2D eigenvalue weighted by Gasteiger charge is 2.15. The van der Waals surface area contributed by atoms with Gasteiger partial charge in [-0.25, -0.2) is 4.98 Å². The van der Waals surface area contributed by atoms with Gasteiger partial charge >= 0.3 is 0 Å². The van der Waals surface area contributed by atoms with Gasteiger partial charge in [0, 0.05) is 12.6 Å². The van der Waals surface area contributed by atoms with Gasteiger partial charge in [0.25, 0.3) is 0 Å². The number of hydrogen-bond acceptors (Lipinski definition) is 4.